The molecule has 0 saturated carbocycles. The SMILES string of the molecule is COc1ccc([C@@H]2CC(=O)c3c(O)cc(O[C@@H]4O[C@H](C)[C@@H](O[C@@H]5O[C@H](CO)[C@@H](O)[C@H](O)[C@H]5O)[C@H](O)[C@@H]4O)cc3O2)cc1O. The molecule has 236 valence electrons. The van der Waals surface area contributed by atoms with Crippen LogP contribution >= 0.6 is 0 Å². The average molecular weight is 611 g/mol. The van der Waals surface area contributed by atoms with E-state index in [1.165, 1.54) is 32.2 Å². The van der Waals surface area contributed by atoms with E-state index >= 15 is 0 Å². The summed E-state index contributed by atoms with van der Waals surface area (Å²) in [5.41, 5.74) is 0.407. The van der Waals surface area contributed by atoms with Crippen molar-refractivity contribution in [3.63, 3.8) is 0 Å². The number of phenols is 2. The summed E-state index contributed by atoms with van der Waals surface area (Å²) < 4.78 is 33.4. The fourth-order valence-electron chi connectivity index (χ4n) is 5.34. The lowest BCUT2D eigenvalue weighted by molar-refractivity contribution is -0.348. The molecule has 2 fully saturated rings. The van der Waals surface area contributed by atoms with Crippen LogP contribution in [0.4, 0.5) is 0 Å². The minimum Gasteiger partial charge on any atom is -0.507 e. The minimum absolute atomic E-state index is 0.0192. The zero-order valence-electron chi connectivity index (χ0n) is 23.1. The number of aromatic hydroxyl groups is 2. The first-order valence-corrected chi connectivity index (χ1v) is 13.5. The Balaban J connectivity index is 1.30. The summed E-state index contributed by atoms with van der Waals surface area (Å²) in [5, 5.41) is 82.0. The molecule has 8 N–H and O–H groups in total. The number of Topliss-reactive ketones (excluding diaryl/α,β-unsaturated/α-hetero) is 1. The van der Waals surface area contributed by atoms with Gasteiger partial charge in [-0.3, -0.25) is 4.79 Å². The Bertz CT molecular complexity index is 1320. The standard InChI is InChI=1S/C28H34O15/c1-10-26(43-28-24(36)22(34)21(33)19(9-29)42-28)23(35)25(37)27(39-10)40-12-6-14(31)20-15(32)8-17(41-18(20)7-12)11-3-4-16(38-2)13(30)5-11/h3-7,10,17,19,21-31,33-37H,8-9H2,1-2H3/t10-,17+,19-,21-,22+,23-,24-,25+,26-,27+,28+/m1/s1. The second-order valence-corrected chi connectivity index (χ2v) is 10.6. The molecule has 0 unspecified atom stereocenters. The van der Waals surface area contributed by atoms with Crippen LogP contribution in [0, 0.1) is 0 Å². The van der Waals surface area contributed by atoms with E-state index in [2.05, 4.69) is 0 Å². The summed E-state index contributed by atoms with van der Waals surface area (Å²) in [6, 6.07) is 6.99. The maximum Gasteiger partial charge on any atom is 0.229 e. The number of phenolic OH excluding ortho intramolecular Hbond substituents is 2. The van der Waals surface area contributed by atoms with Crippen molar-refractivity contribution in [3.05, 3.63) is 41.5 Å². The fourth-order valence-corrected chi connectivity index (χ4v) is 5.34. The summed E-state index contributed by atoms with van der Waals surface area (Å²) in [5.74, 6) is -0.865. The minimum atomic E-state index is -1.74. The summed E-state index contributed by atoms with van der Waals surface area (Å²) in [4.78, 5) is 12.9. The van der Waals surface area contributed by atoms with E-state index in [-0.39, 0.29) is 35.0 Å². The van der Waals surface area contributed by atoms with Gasteiger partial charge in [0.2, 0.25) is 6.29 Å². The number of methoxy groups -OCH3 is 1. The highest BCUT2D eigenvalue weighted by Gasteiger charge is 2.50. The first-order valence-electron chi connectivity index (χ1n) is 13.5. The zero-order chi connectivity index (χ0) is 31.2. The molecular weight excluding hydrogens is 576 g/mol. The fraction of sp³-hybridized carbons (Fsp3) is 0.536. The number of hydrogen-bond donors (Lipinski definition) is 8. The van der Waals surface area contributed by atoms with Crippen molar-refractivity contribution >= 4 is 5.78 Å². The number of rotatable bonds is 7. The Labute approximate surface area is 245 Å². The maximum absolute atomic E-state index is 12.9. The molecule has 0 aliphatic carbocycles. The largest absolute Gasteiger partial charge is 0.507 e. The normalized spacial score (nSPS) is 36.0. The third-order valence-electron chi connectivity index (χ3n) is 7.72. The summed E-state index contributed by atoms with van der Waals surface area (Å²) in [6.07, 6.45) is -16.0. The van der Waals surface area contributed by atoms with E-state index < -0.39 is 85.7 Å². The van der Waals surface area contributed by atoms with Crippen molar-refractivity contribution in [3.8, 4) is 28.7 Å². The zero-order valence-corrected chi connectivity index (χ0v) is 23.1. The average Bonchev–Trinajstić information content (AvgIpc) is 2.97. The Morgan fingerprint density at radius 3 is 2.28 bits per heavy atom. The molecule has 0 radical (unpaired) electrons. The molecule has 3 aliphatic rings. The van der Waals surface area contributed by atoms with Crippen LogP contribution in [0.2, 0.25) is 0 Å². The van der Waals surface area contributed by atoms with E-state index in [1.54, 1.807) is 6.07 Å². The predicted molar refractivity (Wildman–Crippen MR) is 141 cm³/mol. The van der Waals surface area contributed by atoms with Gasteiger partial charge < -0.3 is 69.3 Å². The smallest absolute Gasteiger partial charge is 0.229 e. The van der Waals surface area contributed by atoms with Gasteiger partial charge in [-0.05, 0) is 24.6 Å². The van der Waals surface area contributed by atoms with Crippen LogP contribution in [0.15, 0.2) is 30.3 Å². The van der Waals surface area contributed by atoms with Gasteiger partial charge in [0.05, 0.1) is 26.2 Å². The van der Waals surface area contributed by atoms with Crippen molar-refractivity contribution in [2.75, 3.05) is 13.7 Å². The first kappa shape index (κ1) is 31.2. The Kier molecular flexibility index (Phi) is 8.99. The lowest BCUT2D eigenvalue weighted by atomic mass is 9.95. The van der Waals surface area contributed by atoms with Gasteiger partial charge >= 0.3 is 0 Å². The van der Waals surface area contributed by atoms with Crippen LogP contribution in [0.5, 0.6) is 28.7 Å². The quantitative estimate of drug-likeness (QED) is 0.185. The molecule has 0 bridgehead atoms. The third-order valence-corrected chi connectivity index (χ3v) is 7.72. The molecule has 3 aliphatic heterocycles. The molecule has 11 atom stereocenters. The van der Waals surface area contributed by atoms with Crippen molar-refractivity contribution in [1.29, 1.82) is 0 Å². The number of hydrogen-bond acceptors (Lipinski definition) is 15. The highest BCUT2D eigenvalue weighted by atomic mass is 16.7. The van der Waals surface area contributed by atoms with Crippen LogP contribution < -0.4 is 14.2 Å². The predicted octanol–water partition coefficient (Wildman–Crippen LogP) is -1.16. The lowest BCUT2D eigenvalue weighted by Gasteiger charge is -2.45. The van der Waals surface area contributed by atoms with Gasteiger partial charge in [0.1, 0.15) is 71.6 Å². The molecule has 43 heavy (non-hydrogen) atoms. The Hall–Kier alpha value is -3.25. The van der Waals surface area contributed by atoms with E-state index in [0.717, 1.165) is 6.07 Å². The molecule has 0 aromatic heterocycles. The molecule has 15 nitrogen and oxygen atoms in total. The number of fused-ring (bicyclic) bond motifs is 1. The van der Waals surface area contributed by atoms with Crippen LogP contribution in [-0.4, -0.2) is 122 Å². The number of ether oxygens (including phenoxy) is 6. The maximum atomic E-state index is 12.9. The van der Waals surface area contributed by atoms with Gasteiger partial charge in [0, 0.05) is 12.1 Å². The van der Waals surface area contributed by atoms with Crippen molar-refractivity contribution in [2.45, 2.75) is 80.9 Å². The van der Waals surface area contributed by atoms with E-state index in [9.17, 15) is 45.6 Å². The molecule has 2 aromatic carbocycles. The van der Waals surface area contributed by atoms with Crippen LogP contribution in [0.25, 0.3) is 0 Å². The van der Waals surface area contributed by atoms with Gasteiger partial charge in [-0.25, -0.2) is 0 Å². The molecule has 0 amide bonds. The van der Waals surface area contributed by atoms with E-state index in [1.807, 2.05) is 0 Å². The first-order chi connectivity index (χ1) is 20.4. The van der Waals surface area contributed by atoms with Gasteiger partial charge in [-0.15, -0.1) is 0 Å². The number of benzene rings is 2. The third kappa shape index (κ3) is 5.95. The number of ketones is 1. The van der Waals surface area contributed by atoms with E-state index in [0.29, 0.717) is 5.56 Å². The Morgan fingerprint density at radius 1 is 0.884 bits per heavy atom. The topological polar surface area (TPSA) is 234 Å². The second kappa shape index (κ2) is 12.4. The number of aliphatic hydroxyl groups is 6. The summed E-state index contributed by atoms with van der Waals surface area (Å²) >= 11 is 0. The molecule has 3 heterocycles. The lowest BCUT2D eigenvalue weighted by Crippen LogP contribution is -2.64. The van der Waals surface area contributed by atoms with Crippen molar-refractivity contribution in [2.24, 2.45) is 0 Å². The summed E-state index contributed by atoms with van der Waals surface area (Å²) in [7, 11) is 1.40. The molecule has 2 saturated heterocycles. The van der Waals surface area contributed by atoms with Crippen molar-refractivity contribution < 1.29 is 74.1 Å². The highest BCUT2D eigenvalue weighted by Crippen LogP contribution is 2.43. The van der Waals surface area contributed by atoms with Gasteiger partial charge in [0.25, 0.3) is 0 Å². The number of aliphatic hydroxyl groups excluding tert-OH is 6. The number of carbonyl (C=O) groups excluding carboxylic acids is 1. The monoisotopic (exact) mass is 610 g/mol. The molecule has 0 spiro atoms. The highest BCUT2D eigenvalue weighted by molar-refractivity contribution is 6.02. The Morgan fingerprint density at radius 2 is 1.60 bits per heavy atom. The molecular formula is C28H34O15. The van der Waals surface area contributed by atoms with Crippen LogP contribution in [0.1, 0.15) is 35.4 Å². The van der Waals surface area contributed by atoms with Crippen LogP contribution in [0.3, 0.4) is 0 Å². The molecule has 15 heteroatoms. The van der Waals surface area contributed by atoms with Gasteiger partial charge in [-0.1, -0.05) is 6.07 Å². The second-order valence-electron chi connectivity index (χ2n) is 10.6. The van der Waals surface area contributed by atoms with Crippen LogP contribution in [-0.2, 0) is 14.2 Å². The van der Waals surface area contributed by atoms with Gasteiger partial charge in [-0.2, -0.15) is 0 Å². The molecule has 2 aromatic rings. The van der Waals surface area contributed by atoms with E-state index in [4.69, 9.17) is 28.4 Å². The van der Waals surface area contributed by atoms with Crippen molar-refractivity contribution in [1.82, 2.24) is 0 Å². The summed E-state index contributed by atoms with van der Waals surface area (Å²) in [6.45, 7) is 0.788. The van der Waals surface area contributed by atoms with Gasteiger partial charge in [0.15, 0.2) is 23.6 Å². The number of carbonyl (C=O) groups is 1. The molecule has 5 rings (SSSR count).